The summed E-state index contributed by atoms with van der Waals surface area (Å²) in [6.07, 6.45) is 2.26. The van der Waals surface area contributed by atoms with Gasteiger partial charge in [0.25, 0.3) is 0 Å². The van der Waals surface area contributed by atoms with Crippen LogP contribution in [0.4, 0.5) is 0 Å². The smallest absolute Gasteiger partial charge is 0.142 e. The Morgan fingerprint density at radius 1 is 1.50 bits per heavy atom. The van der Waals surface area contributed by atoms with Gasteiger partial charge in [0, 0.05) is 11.8 Å². The number of hydrogen-bond acceptors (Lipinski definition) is 2. The van der Waals surface area contributed by atoms with Crippen LogP contribution in [0, 0.1) is 35.0 Å². The average Bonchev–Trinajstić information content (AvgIpc) is 2.33. The van der Waals surface area contributed by atoms with Gasteiger partial charge in [-0.3, -0.25) is 4.79 Å². The molecule has 0 spiro atoms. The Bertz CT molecular complexity index is 297. The van der Waals surface area contributed by atoms with Crippen molar-refractivity contribution in [3.8, 4) is 0 Å². The molecule has 2 bridgehead atoms. The van der Waals surface area contributed by atoms with Gasteiger partial charge in [0.05, 0.1) is 6.61 Å². The second-order valence-electron chi connectivity index (χ2n) is 6.40. The van der Waals surface area contributed by atoms with Gasteiger partial charge in [0.15, 0.2) is 0 Å². The number of aliphatic hydroxyl groups is 1. The van der Waals surface area contributed by atoms with Crippen LogP contribution in [0.25, 0.3) is 0 Å². The third-order valence-corrected chi connectivity index (χ3v) is 5.56. The zero-order valence-electron chi connectivity index (χ0n) is 10.9. The SMILES string of the molecule is CC(C)C1CCC2(C)C(CO)C(=O)C1C2C. The van der Waals surface area contributed by atoms with Gasteiger partial charge in [-0.25, -0.2) is 0 Å². The molecule has 2 aliphatic rings. The summed E-state index contributed by atoms with van der Waals surface area (Å²) in [5, 5.41) is 9.47. The van der Waals surface area contributed by atoms with Crippen LogP contribution in [0.15, 0.2) is 0 Å². The van der Waals surface area contributed by atoms with Crippen molar-refractivity contribution in [2.75, 3.05) is 6.61 Å². The number of carbonyl (C=O) groups excluding carboxylic acids is 1. The van der Waals surface area contributed by atoms with E-state index in [1.165, 1.54) is 0 Å². The highest BCUT2D eigenvalue weighted by Gasteiger charge is 2.59. The van der Waals surface area contributed by atoms with Crippen LogP contribution in [-0.4, -0.2) is 17.5 Å². The summed E-state index contributed by atoms with van der Waals surface area (Å²) in [7, 11) is 0. The second kappa shape index (κ2) is 3.83. The molecule has 0 aromatic rings. The molecule has 2 nitrogen and oxygen atoms in total. The van der Waals surface area contributed by atoms with Crippen molar-refractivity contribution < 1.29 is 9.90 Å². The molecular weight excluding hydrogens is 200 g/mol. The van der Waals surface area contributed by atoms with E-state index < -0.39 is 0 Å². The van der Waals surface area contributed by atoms with E-state index in [0.29, 0.717) is 23.5 Å². The third kappa shape index (κ3) is 1.38. The Kier molecular flexibility index (Phi) is 2.90. The third-order valence-electron chi connectivity index (χ3n) is 5.56. The van der Waals surface area contributed by atoms with E-state index >= 15 is 0 Å². The van der Waals surface area contributed by atoms with Gasteiger partial charge in [-0.2, -0.15) is 0 Å². The summed E-state index contributed by atoms with van der Waals surface area (Å²) in [4.78, 5) is 12.4. The minimum Gasteiger partial charge on any atom is -0.396 e. The summed E-state index contributed by atoms with van der Waals surface area (Å²) in [6, 6.07) is 0. The quantitative estimate of drug-likeness (QED) is 0.782. The minimum absolute atomic E-state index is 0.0426. The predicted molar refractivity (Wildman–Crippen MR) is 63.9 cm³/mol. The lowest BCUT2D eigenvalue weighted by Gasteiger charge is -2.42. The predicted octanol–water partition coefficient (Wildman–Crippen LogP) is 2.50. The normalized spacial score (nSPS) is 47.8. The molecule has 92 valence electrons. The molecule has 0 heterocycles. The van der Waals surface area contributed by atoms with Crippen molar-refractivity contribution in [2.24, 2.45) is 35.0 Å². The lowest BCUT2D eigenvalue weighted by molar-refractivity contribution is -0.127. The summed E-state index contributed by atoms with van der Waals surface area (Å²) >= 11 is 0. The van der Waals surface area contributed by atoms with E-state index in [-0.39, 0.29) is 23.9 Å². The van der Waals surface area contributed by atoms with E-state index in [9.17, 15) is 9.90 Å². The highest BCUT2D eigenvalue weighted by molar-refractivity contribution is 5.88. The largest absolute Gasteiger partial charge is 0.396 e. The van der Waals surface area contributed by atoms with E-state index in [0.717, 1.165) is 12.8 Å². The zero-order chi connectivity index (χ0) is 12.1. The molecule has 2 saturated carbocycles. The molecule has 2 rings (SSSR count). The van der Waals surface area contributed by atoms with Crippen molar-refractivity contribution >= 4 is 5.78 Å². The van der Waals surface area contributed by atoms with Crippen molar-refractivity contribution in [3.05, 3.63) is 0 Å². The molecule has 2 aliphatic carbocycles. The molecule has 5 unspecified atom stereocenters. The van der Waals surface area contributed by atoms with Crippen molar-refractivity contribution in [2.45, 2.75) is 40.5 Å². The van der Waals surface area contributed by atoms with Crippen molar-refractivity contribution in [1.29, 1.82) is 0 Å². The first-order chi connectivity index (χ1) is 7.43. The number of hydrogen-bond donors (Lipinski definition) is 1. The van der Waals surface area contributed by atoms with Gasteiger partial charge in [-0.05, 0) is 36.0 Å². The standard InChI is InChI=1S/C14H24O2/c1-8(2)10-5-6-14(4)9(3)12(10)13(16)11(14)7-15/h8-12,15H,5-7H2,1-4H3. The lowest BCUT2D eigenvalue weighted by atomic mass is 9.61. The summed E-state index contributed by atoms with van der Waals surface area (Å²) in [6.45, 7) is 8.90. The molecule has 0 aromatic heterocycles. The minimum atomic E-state index is -0.101. The number of rotatable bonds is 2. The maximum Gasteiger partial charge on any atom is 0.142 e. The van der Waals surface area contributed by atoms with Gasteiger partial charge in [-0.15, -0.1) is 0 Å². The summed E-state index contributed by atoms with van der Waals surface area (Å²) in [5.41, 5.74) is 0.0574. The van der Waals surface area contributed by atoms with Crippen LogP contribution in [0.1, 0.15) is 40.5 Å². The lowest BCUT2D eigenvalue weighted by Crippen LogP contribution is -2.37. The molecule has 1 N–H and O–H groups in total. The highest BCUT2D eigenvalue weighted by atomic mass is 16.3. The van der Waals surface area contributed by atoms with Gasteiger partial charge in [-0.1, -0.05) is 27.7 Å². The fourth-order valence-electron chi connectivity index (χ4n) is 4.22. The molecular formula is C14H24O2. The molecule has 0 aliphatic heterocycles. The Hall–Kier alpha value is -0.370. The van der Waals surface area contributed by atoms with E-state index in [2.05, 4.69) is 27.7 Å². The van der Waals surface area contributed by atoms with Crippen LogP contribution in [-0.2, 0) is 4.79 Å². The number of aliphatic hydroxyl groups excluding tert-OH is 1. The van der Waals surface area contributed by atoms with Gasteiger partial charge in [0.2, 0.25) is 0 Å². The maximum absolute atomic E-state index is 12.4. The summed E-state index contributed by atoms with van der Waals surface area (Å²) in [5.74, 6) is 2.00. The Morgan fingerprint density at radius 2 is 2.12 bits per heavy atom. The van der Waals surface area contributed by atoms with Crippen LogP contribution in [0.2, 0.25) is 0 Å². The summed E-state index contributed by atoms with van der Waals surface area (Å²) < 4.78 is 0. The topological polar surface area (TPSA) is 37.3 Å². The van der Waals surface area contributed by atoms with Crippen LogP contribution in [0.5, 0.6) is 0 Å². The Morgan fingerprint density at radius 3 is 2.62 bits per heavy atom. The molecule has 0 aromatic carbocycles. The van der Waals surface area contributed by atoms with E-state index in [4.69, 9.17) is 0 Å². The van der Waals surface area contributed by atoms with Crippen molar-refractivity contribution in [1.82, 2.24) is 0 Å². The highest BCUT2D eigenvalue weighted by Crippen LogP contribution is 2.59. The molecule has 16 heavy (non-hydrogen) atoms. The van der Waals surface area contributed by atoms with E-state index in [1.54, 1.807) is 0 Å². The van der Waals surface area contributed by atoms with Crippen LogP contribution in [0.3, 0.4) is 0 Å². The molecule has 5 atom stereocenters. The van der Waals surface area contributed by atoms with E-state index in [1.807, 2.05) is 0 Å². The second-order valence-corrected chi connectivity index (χ2v) is 6.40. The number of Topliss-reactive ketones (excluding diaryl/α,β-unsaturated/α-hetero) is 1. The van der Waals surface area contributed by atoms with Crippen LogP contribution >= 0.6 is 0 Å². The first kappa shape index (κ1) is 12.1. The number of ketones is 1. The fraction of sp³-hybridized carbons (Fsp3) is 0.929. The Labute approximate surface area is 98.4 Å². The molecule has 0 amide bonds. The number of carbonyl (C=O) groups is 1. The molecule has 2 fully saturated rings. The number of fused-ring (bicyclic) bond motifs is 2. The monoisotopic (exact) mass is 224 g/mol. The average molecular weight is 224 g/mol. The van der Waals surface area contributed by atoms with Gasteiger partial charge in [0.1, 0.15) is 5.78 Å². The molecule has 0 radical (unpaired) electrons. The molecule has 0 saturated heterocycles. The van der Waals surface area contributed by atoms with Crippen molar-refractivity contribution in [3.63, 3.8) is 0 Å². The van der Waals surface area contributed by atoms with Crippen LogP contribution < -0.4 is 0 Å². The van der Waals surface area contributed by atoms with Gasteiger partial charge >= 0.3 is 0 Å². The Balaban J connectivity index is 2.35. The van der Waals surface area contributed by atoms with Gasteiger partial charge < -0.3 is 5.11 Å². The molecule has 2 heteroatoms. The maximum atomic E-state index is 12.4. The fourth-order valence-corrected chi connectivity index (χ4v) is 4.22. The first-order valence-corrected chi connectivity index (χ1v) is 6.58. The first-order valence-electron chi connectivity index (χ1n) is 6.58. The zero-order valence-corrected chi connectivity index (χ0v) is 10.9.